The Bertz CT molecular complexity index is 596. The van der Waals surface area contributed by atoms with Gasteiger partial charge in [0.05, 0.1) is 0 Å². The third kappa shape index (κ3) is 3.18. The first-order chi connectivity index (χ1) is 9.67. The summed E-state index contributed by atoms with van der Waals surface area (Å²) in [6.45, 7) is 7.28. The zero-order valence-corrected chi connectivity index (χ0v) is 13.8. The average molecular weight is 334 g/mol. The first kappa shape index (κ1) is 15.0. The van der Waals surface area contributed by atoms with Crippen LogP contribution in [0.1, 0.15) is 31.5 Å². The molecule has 2 rings (SSSR count). The number of halogens is 1. The lowest BCUT2D eigenvalue weighted by Crippen LogP contribution is -2.09. The smallest absolute Gasteiger partial charge is 0.162 e. The standard InChI is InChI=1S/C16H20BrN3/c1-4-10-18-15-12(5-2)11(3)19-16(20-15)13-8-6-7-9-14(13)17/h6-9H,4-5,10H2,1-3H3,(H,18,19,20). The fourth-order valence-electron chi connectivity index (χ4n) is 2.17. The molecule has 0 spiro atoms. The molecule has 20 heavy (non-hydrogen) atoms. The van der Waals surface area contributed by atoms with Crippen LogP contribution in [0.4, 0.5) is 5.82 Å². The van der Waals surface area contributed by atoms with E-state index in [-0.39, 0.29) is 0 Å². The third-order valence-corrected chi connectivity index (χ3v) is 3.92. The van der Waals surface area contributed by atoms with Gasteiger partial charge >= 0.3 is 0 Å². The van der Waals surface area contributed by atoms with Crippen LogP contribution in [0.5, 0.6) is 0 Å². The van der Waals surface area contributed by atoms with Crippen molar-refractivity contribution in [2.45, 2.75) is 33.6 Å². The van der Waals surface area contributed by atoms with Crippen LogP contribution in [-0.2, 0) is 6.42 Å². The number of hydrogen-bond acceptors (Lipinski definition) is 3. The first-order valence-electron chi connectivity index (χ1n) is 7.03. The molecule has 4 heteroatoms. The number of rotatable bonds is 5. The maximum absolute atomic E-state index is 4.72. The van der Waals surface area contributed by atoms with Crippen LogP contribution in [0, 0.1) is 6.92 Å². The summed E-state index contributed by atoms with van der Waals surface area (Å²) in [5.41, 5.74) is 3.28. The molecular formula is C16H20BrN3. The summed E-state index contributed by atoms with van der Waals surface area (Å²) in [5.74, 6) is 1.73. The Balaban J connectivity index is 2.50. The zero-order chi connectivity index (χ0) is 14.5. The number of anilines is 1. The van der Waals surface area contributed by atoms with Gasteiger partial charge in [0, 0.05) is 27.8 Å². The van der Waals surface area contributed by atoms with Gasteiger partial charge in [0.25, 0.3) is 0 Å². The molecule has 0 saturated carbocycles. The van der Waals surface area contributed by atoms with Gasteiger partial charge in [-0.1, -0.05) is 48.0 Å². The molecule has 0 saturated heterocycles. The van der Waals surface area contributed by atoms with Gasteiger partial charge < -0.3 is 5.32 Å². The van der Waals surface area contributed by atoms with E-state index >= 15 is 0 Å². The molecule has 0 amide bonds. The average Bonchev–Trinajstić information content (AvgIpc) is 2.45. The Hall–Kier alpha value is -1.42. The van der Waals surface area contributed by atoms with Crippen LogP contribution in [-0.4, -0.2) is 16.5 Å². The number of nitrogens with one attached hydrogen (secondary N) is 1. The molecule has 2 aromatic rings. The molecule has 0 radical (unpaired) electrons. The molecule has 1 N–H and O–H groups in total. The van der Waals surface area contributed by atoms with Crippen molar-refractivity contribution in [3.8, 4) is 11.4 Å². The van der Waals surface area contributed by atoms with Crippen molar-refractivity contribution in [3.63, 3.8) is 0 Å². The summed E-state index contributed by atoms with van der Waals surface area (Å²) in [6, 6.07) is 8.05. The van der Waals surface area contributed by atoms with Crippen molar-refractivity contribution in [2.24, 2.45) is 0 Å². The summed E-state index contributed by atoms with van der Waals surface area (Å²) in [4.78, 5) is 9.38. The lowest BCUT2D eigenvalue weighted by Gasteiger charge is -2.14. The van der Waals surface area contributed by atoms with Crippen molar-refractivity contribution in [2.75, 3.05) is 11.9 Å². The van der Waals surface area contributed by atoms with Crippen molar-refractivity contribution in [1.82, 2.24) is 9.97 Å². The fraction of sp³-hybridized carbons (Fsp3) is 0.375. The molecule has 0 aliphatic rings. The topological polar surface area (TPSA) is 37.8 Å². The first-order valence-corrected chi connectivity index (χ1v) is 7.83. The number of aryl methyl sites for hydroxylation is 1. The Morgan fingerprint density at radius 1 is 1.15 bits per heavy atom. The van der Waals surface area contributed by atoms with E-state index in [0.29, 0.717) is 0 Å². The molecule has 0 aliphatic heterocycles. The van der Waals surface area contributed by atoms with Crippen LogP contribution < -0.4 is 5.32 Å². The highest BCUT2D eigenvalue weighted by atomic mass is 79.9. The summed E-state index contributed by atoms with van der Waals surface area (Å²) >= 11 is 3.57. The predicted molar refractivity (Wildman–Crippen MR) is 88.1 cm³/mol. The van der Waals surface area contributed by atoms with Gasteiger partial charge in [0.1, 0.15) is 5.82 Å². The van der Waals surface area contributed by atoms with Gasteiger partial charge in [0.15, 0.2) is 5.82 Å². The number of hydrogen-bond donors (Lipinski definition) is 1. The molecule has 0 aliphatic carbocycles. The molecule has 3 nitrogen and oxygen atoms in total. The Morgan fingerprint density at radius 3 is 2.55 bits per heavy atom. The number of benzene rings is 1. The summed E-state index contributed by atoms with van der Waals surface area (Å²) < 4.78 is 1.02. The minimum atomic E-state index is 0.769. The lowest BCUT2D eigenvalue weighted by atomic mass is 10.1. The minimum Gasteiger partial charge on any atom is -0.370 e. The fourth-order valence-corrected chi connectivity index (χ4v) is 2.63. The van der Waals surface area contributed by atoms with Crippen molar-refractivity contribution in [3.05, 3.63) is 40.0 Å². The number of aromatic nitrogens is 2. The second-order valence-corrected chi connectivity index (χ2v) is 5.57. The summed E-state index contributed by atoms with van der Waals surface area (Å²) in [6.07, 6.45) is 2.02. The highest BCUT2D eigenvalue weighted by molar-refractivity contribution is 9.10. The van der Waals surface area contributed by atoms with E-state index in [2.05, 4.69) is 47.0 Å². The SMILES string of the molecule is CCCNc1nc(-c2ccccc2Br)nc(C)c1CC. The molecule has 0 atom stereocenters. The molecule has 1 heterocycles. The van der Waals surface area contributed by atoms with E-state index in [1.807, 2.05) is 24.3 Å². The second kappa shape index (κ2) is 6.84. The van der Waals surface area contributed by atoms with Gasteiger partial charge in [-0.2, -0.15) is 0 Å². The van der Waals surface area contributed by atoms with E-state index < -0.39 is 0 Å². The van der Waals surface area contributed by atoms with E-state index in [1.54, 1.807) is 0 Å². The van der Waals surface area contributed by atoms with Crippen LogP contribution in [0.3, 0.4) is 0 Å². The van der Waals surface area contributed by atoms with Crippen LogP contribution in [0.15, 0.2) is 28.7 Å². The number of nitrogens with zero attached hydrogens (tertiary/aromatic N) is 2. The normalized spacial score (nSPS) is 10.6. The van der Waals surface area contributed by atoms with E-state index in [0.717, 1.165) is 46.8 Å². The quantitative estimate of drug-likeness (QED) is 0.868. The van der Waals surface area contributed by atoms with E-state index in [4.69, 9.17) is 4.98 Å². The largest absolute Gasteiger partial charge is 0.370 e. The molecule has 1 aromatic carbocycles. The summed E-state index contributed by atoms with van der Waals surface area (Å²) in [7, 11) is 0. The molecular weight excluding hydrogens is 314 g/mol. The third-order valence-electron chi connectivity index (χ3n) is 3.22. The Labute approximate surface area is 129 Å². The monoisotopic (exact) mass is 333 g/mol. The van der Waals surface area contributed by atoms with Gasteiger partial charge in [-0.05, 0) is 25.8 Å². The van der Waals surface area contributed by atoms with Gasteiger partial charge in [-0.3, -0.25) is 0 Å². The molecule has 0 bridgehead atoms. The van der Waals surface area contributed by atoms with Gasteiger partial charge in [-0.15, -0.1) is 0 Å². The highest BCUT2D eigenvalue weighted by Crippen LogP contribution is 2.28. The zero-order valence-electron chi connectivity index (χ0n) is 12.2. The van der Waals surface area contributed by atoms with Crippen LogP contribution in [0.2, 0.25) is 0 Å². The molecule has 106 valence electrons. The summed E-state index contributed by atoms with van der Waals surface area (Å²) in [5, 5.41) is 3.42. The van der Waals surface area contributed by atoms with Crippen molar-refractivity contribution >= 4 is 21.7 Å². The maximum Gasteiger partial charge on any atom is 0.162 e. The second-order valence-electron chi connectivity index (χ2n) is 4.72. The van der Waals surface area contributed by atoms with Crippen LogP contribution in [0.25, 0.3) is 11.4 Å². The minimum absolute atomic E-state index is 0.769. The maximum atomic E-state index is 4.72. The van der Waals surface area contributed by atoms with E-state index in [9.17, 15) is 0 Å². The Morgan fingerprint density at radius 2 is 1.90 bits per heavy atom. The van der Waals surface area contributed by atoms with E-state index in [1.165, 1.54) is 5.56 Å². The van der Waals surface area contributed by atoms with Crippen LogP contribution >= 0.6 is 15.9 Å². The van der Waals surface area contributed by atoms with Crippen molar-refractivity contribution in [1.29, 1.82) is 0 Å². The van der Waals surface area contributed by atoms with Gasteiger partial charge in [-0.25, -0.2) is 9.97 Å². The molecule has 1 aromatic heterocycles. The lowest BCUT2D eigenvalue weighted by molar-refractivity contribution is 0.938. The Kier molecular flexibility index (Phi) is 5.12. The predicted octanol–water partition coefficient (Wildman–Crippen LogP) is 4.60. The molecule has 0 unspecified atom stereocenters. The van der Waals surface area contributed by atoms with Gasteiger partial charge in [0.2, 0.25) is 0 Å². The van der Waals surface area contributed by atoms with Crippen molar-refractivity contribution < 1.29 is 0 Å². The highest BCUT2D eigenvalue weighted by Gasteiger charge is 2.12. The molecule has 0 fully saturated rings.